The molecule has 6 nitrogen and oxygen atoms in total. The Balaban J connectivity index is 1.67. The highest BCUT2D eigenvalue weighted by Crippen LogP contribution is 2.30. The number of hydrogen-bond acceptors (Lipinski definition) is 5. The van der Waals surface area contributed by atoms with Gasteiger partial charge in [-0.05, 0) is 65.2 Å². The second-order valence-corrected chi connectivity index (χ2v) is 8.81. The van der Waals surface area contributed by atoms with Crippen LogP contribution in [0.25, 0.3) is 5.65 Å². The van der Waals surface area contributed by atoms with E-state index < -0.39 is 0 Å². The summed E-state index contributed by atoms with van der Waals surface area (Å²) in [4.78, 5) is 6.72. The quantitative estimate of drug-likeness (QED) is 0.519. The van der Waals surface area contributed by atoms with Gasteiger partial charge in [-0.2, -0.15) is 9.61 Å². The minimum Gasteiger partial charge on any atom is -0.497 e. The maximum absolute atomic E-state index is 9.87. The smallest absolute Gasteiger partial charge is 0.173 e. The van der Waals surface area contributed by atoms with Crippen LogP contribution in [0.3, 0.4) is 0 Å². The molecule has 1 aliphatic rings. The maximum atomic E-state index is 9.87. The number of aliphatic hydroxyl groups excluding tert-OH is 1. The number of benzene rings is 1. The lowest BCUT2D eigenvalue weighted by atomic mass is 9.87. The van der Waals surface area contributed by atoms with E-state index in [9.17, 15) is 5.11 Å². The van der Waals surface area contributed by atoms with Crippen molar-refractivity contribution < 1.29 is 9.84 Å². The zero-order valence-electron chi connectivity index (χ0n) is 16.3. The van der Waals surface area contributed by atoms with Gasteiger partial charge in [-0.1, -0.05) is 23.7 Å². The number of aromatic nitrogens is 3. The third-order valence-electron chi connectivity index (χ3n) is 5.53. The van der Waals surface area contributed by atoms with Crippen molar-refractivity contribution in [3.8, 4) is 5.75 Å². The fourth-order valence-corrected chi connectivity index (χ4v) is 4.47. The molecule has 0 spiro atoms. The predicted molar refractivity (Wildman–Crippen MR) is 118 cm³/mol. The fourth-order valence-electron chi connectivity index (χ4n) is 3.95. The van der Waals surface area contributed by atoms with E-state index >= 15 is 0 Å². The number of anilines is 1. The molecule has 0 aliphatic heterocycles. The van der Waals surface area contributed by atoms with Crippen LogP contribution in [0.2, 0.25) is 5.15 Å². The molecule has 1 aromatic carbocycles. The van der Waals surface area contributed by atoms with Crippen molar-refractivity contribution in [2.45, 2.75) is 38.3 Å². The molecule has 1 fully saturated rings. The number of rotatable bonds is 6. The summed E-state index contributed by atoms with van der Waals surface area (Å²) >= 11 is 9.86. The summed E-state index contributed by atoms with van der Waals surface area (Å²) in [6.45, 7) is 1.58. The molecule has 0 bridgehead atoms. The highest BCUT2D eigenvalue weighted by Gasteiger charge is 2.24. The summed E-state index contributed by atoms with van der Waals surface area (Å²) in [7, 11) is 1.67. The van der Waals surface area contributed by atoms with Gasteiger partial charge in [0.25, 0.3) is 0 Å². The molecule has 154 valence electrons. The van der Waals surface area contributed by atoms with Crippen LogP contribution in [0.1, 0.15) is 31.2 Å². The Kier molecular flexibility index (Phi) is 6.27. The third kappa shape index (κ3) is 4.68. The highest BCUT2D eigenvalue weighted by molar-refractivity contribution is 9.10. The second-order valence-electron chi connectivity index (χ2n) is 7.57. The summed E-state index contributed by atoms with van der Waals surface area (Å²) in [5, 5.41) is 14.8. The lowest BCUT2D eigenvalue weighted by Crippen LogP contribution is -2.33. The molecule has 0 atom stereocenters. The molecule has 1 N–H and O–H groups in total. The first kappa shape index (κ1) is 20.4. The Hall–Kier alpha value is -1.83. The van der Waals surface area contributed by atoms with Crippen molar-refractivity contribution in [3.05, 3.63) is 51.7 Å². The van der Waals surface area contributed by atoms with Crippen LogP contribution >= 0.6 is 27.5 Å². The van der Waals surface area contributed by atoms with E-state index in [-0.39, 0.29) is 6.10 Å². The van der Waals surface area contributed by atoms with E-state index in [4.69, 9.17) is 16.3 Å². The van der Waals surface area contributed by atoms with E-state index in [2.05, 4.69) is 43.0 Å². The van der Waals surface area contributed by atoms with Gasteiger partial charge in [0.2, 0.25) is 0 Å². The Morgan fingerprint density at radius 1 is 1.24 bits per heavy atom. The number of ether oxygens (including phenoxy) is 1. The minimum atomic E-state index is -0.162. The zero-order chi connectivity index (χ0) is 20.4. The normalized spacial score (nSPS) is 19.4. The molecule has 8 heteroatoms. The fraction of sp³-hybridized carbons (Fsp3) is 0.429. The largest absolute Gasteiger partial charge is 0.497 e. The van der Waals surface area contributed by atoms with Gasteiger partial charge in [0, 0.05) is 19.2 Å². The molecular weight excluding hydrogens is 456 g/mol. The molecule has 1 saturated carbocycles. The molecule has 3 aromatic rings. The van der Waals surface area contributed by atoms with Crippen molar-refractivity contribution in [2.24, 2.45) is 5.92 Å². The first-order chi connectivity index (χ1) is 14.0. The monoisotopic (exact) mass is 478 g/mol. The van der Waals surface area contributed by atoms with Gasteiger partial charge in [-0.15, -0.1) is 0 Å². The van der Waals surface area contributed by atoms with Gasteiger partial charge in [-0.3, -0.25) is 0 Å². The van der Waals surface area contributed by atoms with Crippen LogP contribution < -0.4 is 9.64 Å². The molecule has 1 aliphatic carbocycles. The van der Waals surface area contributed by atoms with Crippen LogP contribution in [0.15, 0.2) is 41.0 Å². The van der Waals surface area contributed by atoms with Crippen LogP contribution in [0.5, 0.6) is 5.75 Å². The molecule has 29 heavy (non-hydrogen) atoms. The number of aliphatic hydroxyl groups is 1. The van der Waals surface area contributed by atoms with E-state index in [1.54, 1.807) is 13.3 Å². The van der Waals surface area contributed by atoms with E-state index in [0.29, 0.717) is 16.7 Å². The summed E-state index contributed by atoms with van der Waals surface area (Å²) in [6, 6.07) is 9.98. The van der Waals surface area contributed by atoms with E-state index in [1.165, 1.54) is 5.56 Å². The molecular formula is C21H24BrClN4O2. The molecule has 2 aromatic heterocycles. The average Bonchev–Trinajstić information content (AvgIpc) is 3.10. The number of hydrogen-bond donors (Lipinski definition) is 1. The predicted octanol–water partition coefficient (Wildman–Crippen LogP) is 4.71. The number of fused-ring (bicyclic) bond motifs is 1. The number of halogens is 2. The van der Waals surface area contributed by atoms with Gasteiger partial charge in [0.15, 0.2) is 5.65 Å². The van der Waals surface area contributed by atoms with Crippen molar-refractivity contribution in [1.29, 1.82) is 0 Å². The van der Waals surface area contributed by atoms with Gasteiger partial charge >= 0.3 is 0 Å². The summed E-state index contributed by atoms with van der Waals surface area (Å²) in [5.41, 5.74) is 1.88. The van der Waals surface area contributed by atoms with Crippen molar-refractivity contribution >= 4 is 39.0 Å². The van der Waals surface area contributed by atoms with E-state index in [1.807, 2.05) is 22.7 Å². The first-order valence-electron chi connectivity index (χ1n) is 9.79. The molecule has 0 amide bonds. The Morgan fingerprint density at radius 3 is 2.66 bits per heavy atom. The lowest BCUT2D eigenvalue weighted by molar-refractivity contribution is 0.110. The second kappa shape index (κ2) is 8.90. The maximum Gasteiger partial charge on any atom is 0.173 e. The number of nitrogens with zero attached hydrogens (tertiary/aromatic N) is 4. The third-order valence-corrected chi connectivity index (χ3v) is 6.28. The first-order valence-corrected chi connectivity index (χ1v) is 11.0. The number of methoxy groups -OCH3 is 1. The van der Waals surface area contributed by atoms with Crippen LogP contribution in [0, 0.1) is 5.92 Å². The van der Waals surface area contributed by atoms with Gasteiger partial charge in [0.05, 0.1) is 23.9 Å². The molecule has 4 rings (SSSR count). The highest BCUT2D eigenvalue weighted by atomic mass is 79.9. The Labute approximate surface area is 183 Å². The van der Waals surface area contributed by atoms with Gasteiger partial charge in [0.1, 0.15) is 16.7 Å². The van der Waals surface area contributed by atoms with Crippen LogP contribution in [-0.2, 0) is 6.54 Å². The lowest BCUT2D eigenvalue weighted by Gasteiger charge is -2.32. The van der Waals surface area contributed by atoms with Crippen molar-refractivity contribution in [1.82, 2.24) is 14.6 Å². The average molecular weight is 480 g/mol. The summed E-state index contributed by atoms with van der Waals surface area (Å²) < 4.78 is 7.93. The molecule has 0 radical (unpaired) electrons. The van der Waals surface area contributed by atoms with Gasteiger partial charge in [-0.25, -0.2) is 4.98 Å². The Morgan fingerprint density at radius 2 is 1.97 bits per heavy atom. The molecule has 0 unspecified atom stereocenters. The van der Waals surface area contributed by atoms with Gasteiger partial charge < -0.3 is 14.7 Å². The minimum absolute atomic E-state index is 0.162. The molecule has 2 heterocycles. The SMILES string of the molecule is COc1ccc(CN(CC2CCC(O)CC2)c2cc(Cl)nc3c(Br)cnn23)cc1. The standard InChI is InChI=1S/C21H24BrClN4O2/c1-29-17-8-4-15(5-9-17)13-26(12-14-2-6-16(28)7-3-14)20-10-19(23)25-21-18(22)11-24-27(20)21/h4-5,8-11,14,16,28H,2-3,6-7,12-13H2,1H3. The molecule has 0 saturated heterocycles. The Bertz CT molecular complexity index is 971. The van der Waals surface area contributed by atoms with Crippen molar-refractivity contribution in [3.63, 3.8) is 0 Å². The topological polar surface area (TPSA) is 62.9 Å². The van der Waals surface area contributed by atoms with Crippen LogP contribution in [-0.4, -0.2) is 39.5 Å². The van der Waals surface area contributed by atoms with E-state index in [0.717, 1.165) is 54.8 Å². The zero-order valence-corrected chi connectivity index (χ0v) is 18.6. The summed E-state index contributed by atoms with van der Waals surface area (Å²) in [5.74, 6) is 2.26. The van der Waals surface area contributed by atoms with Crippen molar-refractivity contribution in [2.75, 3.05) is 18.6 Å². The van der Waals surface area contributed by atoms with Crippen LogP contribution in [0.4, 0.5) is 5.82 Å². The summed E-state index contributed by atoms with van der Waals surface area (Å²) in [6.07, 6.45) is 5.34.